The van der Waals surface area contributed by atoms with Gasteiger partial charge in [-0.3, -0.25) is 9.78 Å². The molecule has 82 valence electrons. The second kappa shape index (κ2) is 4.60. The van der Waals surface area contributed by atoms with Crippen molar-refractivity contribution in [1.82, 2.24) is 15.0 Å². The molecule has 2 rings (SSSR count). The Bertz CT molecular complexity index is 551. The van der Waals surface area contributed by atoms with Crippen LogP contribution in [0.1, 0.15) is 5.69 Å². The molecule has 0 aliphatic heterocycles. The van der Waals surface area contributed by atoms with Gasteiger partial charge in [-0.15, -0.1) is 0 Å². The molecular weight excluding hydrogens is 321 g/mol. The van der Waals surface area contributed by atoms with E-state index in [4.69, 9.17) is 4.74 Å². The number of halogens is 1. The van der Waals surface area contributed by atoms with Gasteiger partial charge in [0, 0.05) is 5.69 Å². The van der Waals surface area contributed by atoms with E-state index >= 15 is 0 Å². The van der Waals surface area contributed by atoms with Crippen molar-refractivity contribution in [2.45, 2.75) is 6.92 Å². The highest BCUT2D eigenvalue weighted by molar-refractivity contribution is 14.1. The van der Waals surface area contributed by atoms with Crippen molar-refractivity contribution >= 4 is 22.6 Å². The van der Waals surface area contributed by atoms with E-state index in [0.717, 1.165) is 5.69 Å². The van der Waals surface area contributed by atoms with Crippen molar-refractivity contribution < 1.29 is 4.74 Å². The first-order valence-corrected chi connectivity index (χ1v) is 5.58. The Kier molecular flexibility index (Phi) is 3.18. The summed E-state index contributed by atoms with van der Waals surface area (Å²) in [5.74, 6) is 0.844. The molecule has 2 aromatic heterocycles. The van der Waals surface area contributed by atoms with Crippen molar-refractivity contribution in [1.29, 1.82) is 0 Å². The molecule has 5 nitrogen and oxygen atoms in total. The number of aromatic nitrogens is 3. The molecule has 1 N–H and O–H groups in total. The molecule has 0 aliphatic rings. The van der Waals surface area contributed by atoms with Gasteiger partial charge in [-0.2, -0.15) is 0 Å². The fraction of sp³-hybridized carbons (Fsp3) is 0.100. The first-order chi connectivity index (χ1) is 7.66. The lowest BCUT2D eigenvalue weighted by Gasteiger charge is -2.04. The maximum Gasteiger partial charge on any atom is 0.268 e. The summed E-state index contributed by atoms with van der Waals surface area (Å²) < 4.78 is 5.86. The second-order valence-corrected chi connectivity index (χ2v) is 4.17. The number of rotatable bonds is 2. The zero-order valence-corrected chi connectivity index (χ0v) is 10.6. The molecule has 0 saturated carbocycles. The van der Waals surface area contributed by atoms with Gasteiger partial charge in [0.1, 0.15) is 9.32 Å². The summed E-state index contributed by atoms with van der Waals surface area (Å²) in [5.41, 5.74) is 0.687. The van der Waals surface area contributed by atoms with Crippen molar-refractivity contribution in [3.05, 3.63) is 44.3 Å². The number of nitrogens with zero attached hydrogens (tertiary/aromatic N) is 2. The standard InChI is InChI=1S/C10H8IN3O2/c1-6-2-3-7(4-12-6)16-10-8(11)9(15)13-5-14-10/h2-5H,1H3,(H,13,14,15). The van der Waals surface area contributed by atoms with Crippen molar-refractivity contribution in [3.63, 3.8) is 0 Å². The molecule has 2 heterocycles. The van der Waals surface area contributed by atoms with Gasteiger partial charge in [0.15, 0.2) is 0 Å². The lowest BCUT2D eigenvalue weighted by atomic mass is 10.4. The fourth-order valence-corrected chi connectivity index (χ4v) is 1.47. The number of pyridine rings is 1. The summed E-state index contributed by atoms with van der Waals surface area (Å²) in [6.45, 7) is 1.89. The predicted octanol–water partition coefficient (Wildman–Crippen LogP) is 1.87. The van der Waals surface area contributed by atoms with Crippen LogP contribution in [0, 0.1) is 10.5 Å². The van der Waals surface area contributed by atoms with Crippen LogP contribution in [-0.4, -0.2) is 15.0 Å². The summed E-state index contributed by atoms with van der Waals surface area (Å²) >= 11 is 1.89. The third-order valence-corrected chi connectivity index (χ3v) is 2.81. The number of hydrogen-bond acceptors (Lipinski definition) is 4. The fourth-order valence-electron chi connectivity index (χ4n) is 1.06. The SMILES string of the molecule is Cc1ccc(Oc2nc[nH]c(=O)c2I)cn1. The third-order valence-electron chi connectivity index (χ3n) is 1.86. The maximum absolute atomic E-state index is 11.3. The monoisotopic (exact) mass is 329 g/mol. The zero-order valence-electron chi connectivity index (χ0n) is 8.40. The second-order valence-electron chi connectivity index (χ2n) is 3.09. The van der Waals surface area contributed by atoms with Crippen LogP contribution in [0.15, 0.2) is 29.5 Å². The van der Waals surface area contributed by atoms with E-state index in [-0.39, 0.29) is 11.4 Å². The number of ether oxygens (including phenoxy) is 1. The summed E-state index contributed by atoms with van der Waals surface area (Å²) in [7, 11) is 0. The van der Waals surface area contributed by atoms with Gasteiger partial charge < -0.3 is 9.72 Å². The van der Waals surface area contributed by atoms with E-state index in [2.05, 4.69) is 15.0 Å². The Morgan fingerprint density at radius 2 is 2.19 bits per heavy atom. The number of nitrogens with one attached hydrogen (secondary N) is 1. The van der Waals surface area contributed by atoms with Crippen molar-refractivity contribution in [3.8, 4) is 11.6 Å². The highest BCUT2D eigenvalue weighted by Gasteiger charge is 2.07. The molecule has 0 atom stereocenters. The summed E-state index contributed by atoms with van der Waals surface area (Å²) in [5, 5.41) is 0. The maximum atomic E-state index is 11.3. The quantitative estimate of drug-likeness (QED) is 0.854. The Hall–Kier alpha value is -1.44. The minimum atomic E-state index is -0.217. The Labute approximate surface area is 105 Å². The molecule has 0 spiro atoms. The van der Waals surface area contributed by atoms with E-state index < -0.39 is 0 Å². The largest absolute Gasteiger partial charge is 0.436 e. The molecule has 0 aromatic carbocycles. The predicted molar refractivity (Wildman–Crippen MR) is 66.6 cm³/mol. The first kappa shape index (κ1) is 11.1. The topological polar surface area (TPSA) is 67.9 Å². The molecule has 0 saturated heterocycles. The van der Waals surface area contributed by atoms with Crippen LogP contribution in [0.25, 0.3) is 0 Å². The van der Waals surface area contributed by atoms with Crippen molar-refractivity contribution in [2.24, 2.45) is 0 Å². The molecule has 0 fully saturated rings. The minimum Gasteiger partial charge on any atom is -0.436 e. The lowest BCUT2D eigenvalue weighted by molar-refractivity contribution is 0.454. The van der Waals surface area contributed by atoms with E-state index in [1.807, 2.05) is 35.6 Å². The molecular formula is C10H8IN3O2. The Morgan fingerprint density at radius 1 is 1.38 bits per heavy atom. The first-order valence-electron chi connectivity index (χ1n) is 4.50. The molecule has 0 amide bonds. The molecule has 0 radical (unpaired) electrons. The normalized spacial score (nSPS) is 10.1. The Balaban J connectivity index is 2.30. The van der Waals surface area contributed by atoms with E-state index in [0.29, 0.717) is 9.32 Å². The summed E-state index contributed by atoms with van der Waals surface area (Å²) in [6, 6.07) is 3.61. The van der Waals surface area contributed by atoms with Crippen LogP contribution in [0.2, 0.25) is 0 Å². The average molecular weight is 329 g/mol. The van der Waals surface area contributed by atoms with Gasteiger partial charge in [0.05, 0.1) is 12.5 Å². The Morgan fingerprint density at radius 3 is 2.88 bits per heavy atom. The number of aromatic amines is 1. The van der Waals surface area contributed by atoms with Gasteiger partial charge in [0.25, 0.3) is 5.56 Å². The van der Waals surface area contributed by atoms with Crippen LogP contribution in [0.3, 0.4) is 0 Å². The van der Waals surface area contributed by atoms with Gasteiger partial charge in [-0.05, 0) is 41.6 Å². The van der Waals surface area contributed by atoms with Crippen LogP contribution in [0.5, 0.6) is 11.6 Å². The third kappa shape index (κ3) is 2.38. The highest BCUT2D eigenvalue weighted by atomic mass is 127. The van der Waals surface area contributed by atoms with Gasteiger partial charge in [-0.1, -0.05) is 0 Å². The lowest BCUT2D eigenvalue weighted by Crippen LogP contribution is -2.11. The van der Waals surface area contributed by atoms with Gasteiger partial charge in [-0.25, -0.2) is 4.98 Å². The average Bonchev–Trinajstić information content (AvgIpc) is 2.28. The molecule has 0 bridgehead atoms. The van der Waals surface area contributed by atoms with Crippen LogP contribution >= 0.6 is 22.6 Å². The van der Waals surface area contributed by atoms with Crippen LogP contribution < -0.4 is 10.3 Å². The number of hydrogen-bond donors (Lipinski definition) is 1. The van der Waals surface area contributed by atoms with Crippen LogP contribution in [-0.2, 0) is 0 Å². The van der Waals surface area contributed by atoms with Gasteiger partial charge in [0.2, 0.25) is 5.88 Å². The summed E-state index contributed by atoms with van der Waals surface area (Å²) in [6.07, 6.45) is 2.90. The molecule has 6 heteroatoms. The number of H-pyrrole nitrogens is 1. The minimum absolute atomic E-state index is 0.217. The molecule has 0 aliphatic carbocycles. The molecule has 2 aromatic rings. The number of aryl methyl sites for hydroxylation is 1. The van der Waals surface area contributed by atoms with Crippen LogP contribution in [0.4, 0.5) is 0 Å². The molecule has 16 heavy (non-hydrogen) atoms. The zero-order chi connectivity index (χ0) is 11.5. The van der Waals surface area contributed by atoms with Crippen molar-refractivity contribution in [2.75, 3.05) is 0 Å². The smallest absolute Gasteiger partial charge is 0.268 e. The highest BCUT2D eigenvalue weighted by Crippen LogP contribution is 2.20. The summed E-state index contributed by atoms with van der Waals surface area (Å²) in [4.78, 5) is 21.8. The van der Waals surface area contributed by atoms with E-state index in [1.54, 1.807) is 12.3 Å². The van der Waals surface area contributed by atoms with E-state index in [9.17, 15) is 4.79 Å². The van der Waals surface area contributed by atoms with E-state index in [1.165, 1.54) is 6.33 Å². The van der Waals surface area contributed by atoms with Gasteiger partial charge >= 0.3 is 0 Å². The molecule has 0 unspecified atom stereocenters.